The summed E-state index contributed by atoms with van der Waals surface area (Å²) in [4.78, 5) is 4.13. The standard InChI is InChI=1S/C12H15N3O3/c1-2-17-9-5-3-4-8(6-9)11-14-12(18-15-11)10(13)7-16/h3-6,10,16H,2,7,13H2,1H3. The highest BCUT2D eigenvalue weighted by atomic mass is 16.5. The molecular formula is C12H15N3O3. The molecule has 1 aromatic heterocycles. The zero-order valence-electron chi connectivity index (χ0n) is 10.0. The lowest BCUT2D eigenvalue weighted by molar-refractivity contribution is 0.237. The van der Waals surface area contributed by atoms with E-state index < -0.39 is 6.04 Å². The van der Waals surface area contributed by atoms with Crippen LogP contribution in [-0.4, -0.2) is 28.5 Å². The average molecular weight is 249 g/mol. The maximum Gasteiger partial charge on any atom is 0.246 e. The van der Waals surface area contributed by atoms with E-state index in [1.54, 1.807) is 0 Å². The van der Waals surface area contributed by atoms with Gasteiger partial charge in [-0.1, -0.05) is 17.3 Å². The van der Waals surface area contributed by atoms with Crippen molar-refractivity contribution in [1.82, 2.24) is 10.1 Å². The van der Waals surface area contributed by atoms with Gasteiger partial charge >= 0.3 is 0 Å². The molecule has 18 heavy (non-hydrogen) atoms. The van der Waals surface area contributed by atoms with Gasteiger partial charge in [0.25, 0.3) is 0 Å². The Morgan fingerprint density at radius 1 is 1.50 bits per heavy atom. The summed E-state index contributed by atoms with van der Waals surface area (Å²) in [5.74, 6) is 1.39. The van der Waals surface area contributed by atoms with Crippen LogP contribution in [0.3, 0.4) is 0 Å². The van der Waals surface area contributed by atoms with Gasteiger partial charge in [0.15, 0.2) is 0 Å². The molecule has 3 N–H and O–H groups in total. The molecule has 6 nitrogen and oxygen atoms in total. The second-order valence-corrected chi connectivity index (χ2v) is 3.71. The van der Waals surface area contributed by atoms with Crippen molar-refractivity contribution >= 4 is 0 Å². The predicted molar refractivity (Wildman–Crippen MR) is 64.9 cm³/mol. The highest BCUT2D eigenvalue weighted by Crippen LogP contribution is 2.22. The zero-order valence-corrected chi connectivity index (χ0v) is 10.0. The number of ether oxygens (including phenoxy) is 1. The third-order valence-electron chi connectivity index (χ3n) is 2.36. The second-order valence-electron chi connectivity index (χ2n) is 3.71. The molecule has 0 aliphatic heterocycles. The maximum absolute atomic E-state index is 8.91. The van der Waals surface area contributed by atoms with Gasteiger partial charge in [0.05, 0.1) is 13.2 Å². The van der Waals surface area contributed by atoms with Gasteiger partial charge in [0, 0.05) is 5.56 Å². The summed E-state index contributed by atoms with van der Waals surface area (Å²) in [5, 5.41) is 12.7. The van der Waals surface area contributed by atoms with E-state index >= 15 is 0 Å². The molecule has 2 rings (SSSR count). The minimum atomic E-state index is -0.652. The van der Waals surface area contributed by atoms with Crippen molar-refractivity contribution in [3.63, 3.8) is 0 Å². The second kappa shape index (κ2) is 5.61. The SMILES string of the molecule is CCOc1cccc(-c2noc(C(N)CO)n2)c1. The van der Waals surface area contributed by atoms with Crippen LogP contribution in [0.4, 0.5) is 0 Å². The van der Waals surface area contributed by atoms with Gasteiger partial charge in [0.2, 0.25) is 11.7 Å². The van der Waals surface area contributed by atoms with E-state index in [-0.39, 0.29) is 12.5 Å². The topological polar surface area (TPSA) is 94.4 Å². The molecule has 1 atom stereocenters. The Bertz CT molecular complexity index is 513. The first-order valence-electron chi connectivity index (χ1n) is 5.68. The van der Waals surface area contributed by atoms with E-state index in [2.05, 4.69) is 10.1 Å². The first-order valence-corrected chi connectivity index (χ1v) is 5.68. The van der Waals surface area contributed by atoms with E-state index in [9.17, 15) is 0 Å². The average Bonchev–Trinajstić information content (AvgIpc) is 2.88. The Hall–Kier alpha value is -1.92. The summed E-state index contributed by atoms with van der Waals surface area (Å²) in [6, 6.07) is 6.72. The molecule has 0 spiro atoms. The highest BCUT2D eigenvalue weighted by Gasteiger charge is 2.14. The van der Waals surface area contributed by atoms with Crippen LogP contribution in [0.1, 0.15) is 18.9 Å². The predicted octanol–water partition coefficient (Wildman–Crippen LogP) is 1.13. The molecule has 0 amide bonds. The highest BCUT2D eigenvalue weighted by molar-refractivity contribution is 5.56. The van der Waals surface area contributed by atoms with Crippen LogP contribution in [0.2, 0.25) is 0 Å². The number of nitrogens with zero attached hydrogens (tertiary/aromatic N) is 2. The van der Waals surface area contributed by atoms with Gasteiger partial charge in [0.1, 0.15) is 11.8 Å². The maximum atomic E-state index is 8.91. The van der Waals surface area contributed by atoms with E-state index in [1.165, 1.54) is 0 Å². The molecule has 0 aliphatic carbocycles. The molecule has 1 unspecified atom stereocenters. The van der Waals surface area contributed by atoms with Crippen molar-refractivity contribution in [2.75, 3.05) is 13.2 Å². The molecule has 0 radical (unpaired) electrons. The van der Waals surface area contributed by atoms with E-state index in [1.807, 2.05) is 31.2 Å². The fourth-order valence-electron chi connectivity index (χ4n) is 1.47. The third kappa shape index (κ3) is 2.66. The molecule has 6 heteroatoms. The van der Waals surface area contributed by atoms with Crippen molar-refractivity contribution in [2.45, 2.75) is 13.0 Å². The lowest BCUT2D eigenvalue weighted by atomic mass is 10.2. The minimum Gasteiger partial charge on any atom is -0.494 e. The van der Waals surface area contributed by atoms with Gasteiger partial charge in [-0.3, -0.25) is 0 Å². The normalized spacial score (nSPS) is 12.4. The molecule has 2 aromatic rings. The van der Waals surface area contributed by atoms with Crippen molar-refractivity contribution in [2.24, 2.45) is 5.73 Å². The number of benzene rings is 1. The van der Waals surface area contributed by atoms with Crippen LogP contribution in [-0.2, 0) is 0 Å². The number of hydrogen-bond acceptors (Lipinski definition) is 6. The Morgan fingerprint density at radius 3 is 3.06 bits per heavy atom. The van der Waals surface area contributed by atoms with Gasteiger partial charge in [-0.25, -0.2) is 0 Å². The van der Waals surface area contributed by atoms with Crippen molar-refractivity contribution < 1.29 is 14.4 Å². The van der Waals surface area contributed by atoms with Gasteiger partial charge < -0.3 is 20.1 Å². The Balaban J connectivity index is 2.25. The van der Waals surface area contributed by atoms with Crippen LogP contribution >= 0.6 is 0 Å². The molecule has 1 heterocycles. The number of rotatable bonds is 5. The summed E-state index contributed by atoms with van der Waals surface area (Å²) in [7, 11) is 0. The van der Waals surface area contributed by atoms with E-state index in [0.717, 1.165) is 11.3 Å². The Morgan fingerprint density at radius 2 is 2.33 bits per heavy atom. The van der Waals surface area contributed by atoms with Crippen LogP contribution in [0.5, 0.6) is 5.75 Å². The number of nitrogens with two attached hydrogens (primary N) is 1. The first kappa shape index (κ1) is 12.5. The summed E-state index contributed by atoms with van der Waals surface area (Å²) >= 11 is 0. The summed E-state index contributed by atoms with van der Waals surface area (Å²) in [6.07, 6.45) is 0. The number of aliphatic hydroxyl groups excluding tert-OH is 1. The van der Waals surface area contributed by atoms with E-state index in [0.29, 0.717) is 12.4 Å². The summed E-state index contributed by atoms with van der Waals surface area (Å²) in [5.41, 5.74) is 6.37. The molecule has 0 saturated carbocycles. The first-order chi connectivity index (χ1) is 8.74. The van der Waals surface area contributed by atoms with Crippen molar-refractivity contribution in [1.29, 1.82) is 0 Å². The lowest BCUT2D eigenvalue weighted by Crippen LogP contribution is -2.14. The largest absolute Gasteiger partial charge is 0.494 e. The van der Waals surface area contributed by atoms with Crippen LogP contribution in [0.15, 0.2) is 28.8 Å². The van der Waals surface area contributed by atoms with Gasteiger partial charge in [-0.15, -0.1) is 0 Å². The fraction of sp³-hybridized carbons (Fsp3) is 0.333. The zero-order chi connectivity index (χ0) is 13.0. The Labute approximate surface area is 104 Å². The monoisotopic (exact) mass is 249 g/mol. The van der Waals surface area contributed by atoms with E-state index in [4.69, 9.17) is 20.1 Å². The lowest BCUT2D eigenvalue weighted by Gasteiger charge is -2.03. The van der Waals surface area contributed by atoms with Crippen molar-refractivity contribution in [3.05, 3.63) is 30.2 Å². The quantitative estimate of drug-likeness (QED) is 0.824. The summed E-state index contributed by atoms with van der Waals surface area (Å²) < 4.78 is 10.4. The van der Waals surface area contributed by atoms with Crippen LogP contribution < -0.4 is 10.5 Å². The minimum absolute atomic E-state index is 0.217. The molecule has 0 saturated heterocycles. The number of aliphatic hydroxyl groups is 1. The molecule has 0 bridgehead atoms. The number of hydrogen-bond donors (Lipinski definition) is 2. The van der Waals surface area contributed by atoms with Crippen LogP contribution in [0, 0.1) is 0 Å². The number of aromatic nitrogens is 2. The molecular weight excluding hydrogens is 234 g/mol. The molecule has 0 fully saturated rings. The Kier molecular flexibility index (Phi) is 3.91. The van der Waals surface area contributed by atoms with Crippen molar-refractivity contribution in [3.8, 4) is 17.1 Å². The van der Waals surface area contributed by atoms with Crippen LogP contribution in [0.25, 0.3) is 11.4 Å². The molecule has 0 aliphatic rings. The molecule has 96 valence electrons. The third-order valence-corrected chi connectivity index (χ3v) is 2.36. The van der Waals surface area contributed by atoms with Gasteiger partial charge in [-0.2, -0.15) is 4.98 Å². The smallest absolute Gasteiger partial charge is 0.246 e. The summed E-state index contributed by atoms with van der Waals surface area (Å²) in [6.45, 7) is 2.27. The fourth-order valence-corrected chi connectivity index (χ4v) is 1.47. The van der Waals surface area contributed by atoms with Gasteiger partial charge in [-0.05, 0) is 19.1 Å². The molecule has 1 aromatic carbocycles.